The Balaban J connectivity index is 2.04. The number of rotatable bonds is 1. The van der Waals surface area contributed by atoms with Crippen molar-refractivity contribution in [3.05, 3.63) is 6.33 Å². The largest absolute Gasteiger partial charge is 0.229 e. The fourth-order valence-electron chi connectivity index (χ4n) is 1.68. The predicted octanol–water partition coefficient (Wildman–Crippen LogP) is 1.59. The van der Waals surface area contributed by atoms with Crippen molar-refractivity contribution in [1.29, 1.82) is 0 Å². The average Bonchev–Trinajstić information content (AvgIpc) is 2.56. The van der Waals surface area contributed by atoms with E-state index in [0.29, 0.717) is 6.04 Å². The summed E-state index contributed by atoms with van der Waals surface area (Å²) in [6.45, 7) is 0. The van der Waals surface area contributed by atoms with Crippen molar-refractivity contribution < 1.29 is 0 Å². The molecule has 2 rings (SSSR count). The minimum absolute atomic E-state index is 0.538. The van der Waals surface area contributed by atoms with Gasteiger partial charge in [0.15, 0.2) is 0 Å². The zero-order valence-electron chi connectivity index (χ0n) is 6.73. The monoisotopic (exact) mass is 278 g/mol. The zero-order chi connectivity index (χ0) is 8.39. The molecule has 1 aromatic rings. The quantitative estimate of drug-likeness (QED) is 0.579. The number of hydrogen-bond acceptors (Lipinski definition) is 3. The third-order valence-electron chi connectivity index (χ3n) is 2.32. The van der Waals surface area contributed by atoms with E-state index in [1.165, 1.54) is 25.7 Å². The van der Waals surface area contributed by atoms with Gasteiger partial charge in [0.05, 0.1) is 6.04 Å². The number of nitrogens with zero attached hydrogens (tertiary/aromatic N) is 4. The summed E-state index contributed by atoms with van der Waals surface area (Å²) < 4.78 is 2.69. The van der Waals surface area contributed by atoms with Crippen molar-refractivity contribution in [2.45, 2.75) is 35.6 Å². The summed E-state index contributed by atoms with van der Waals surface area (Å²) in [6, 6.07) is 0.538. The first-order chi connectivity index (χ1) is 5.86. The number of hydrogen-bond donors (Lipinski definition) is 0. The first-order valence-corrected chi connectivity index (χ1v) is 5.47. The second kappa shape index (κ2) is 3.68. The van der Waals surface area contributed by atoms with Gasteiger partial charge >= 0.3 is 0 Å². The molecule has 66 valence electrons. The van der Waals surface area contributed by atoms with Gasteiger partial charge in [0, 0.05) is 3.92 Å². The molecular formula is C7H11IN4. The smallest absolute Gasteiger partial charge is 0.138 e. The van der Waals surface area contributed by atoms with E-state index >= 15 is 0 Å². The van der Waals surface area contributed by atoms with Gasteiger partial charge < -0.3 is 0 Å². The first kappa shape index (κ1) is 8.40. The highest BCUT2D eigenvalue weighted by atomic mass is 127. The number of halogens is 1. The maximum Gasteiger partial charge on any atom is 0.138 e. The highest BCUT2D eigenvalue weighted by Gasteiger charge is 2.21. The fourth-order valence-corrected chi connectivity index (χ4v) is 2.71. The molecule has 0 radical (unpaired) electrons. The summed E-state index contributed by atoms with van der Waals surface area (Å²) in [5.74, 6) is 0. The molecule has 1 fully saturated rings. The van der Waals surface area contributed by atoms with Crippen LogP contribution >= 0.6 is 22.6 Å². The van der Waals surface area contributed by atoms with E-state index in [-0.39, 0.29) is 0 Å². The average molecular weight is 278 g/mol. The van der Waals surface area contributed by atoms with E-state index in [4.69, 9.17) is 0 Å². The van der Waals surface area contributed by atoms with Gasteiger partial charge in [0.25, 0.3) is 0 Å². The molecule has 0 N–H and O–H groups in total. The summed E-state index contributed by atoms with van der Waals surface area (Å²) in [7, 11) is 0. The number of aromatic nitrogens is 4. The fraction of sp³-hybridized carbons (Fsp3) is 0.857. The molecule has 1 heterocycles. The van der Waals surface area contributed by atoms with E-state index in [1.54, 1.807) is 6.33 Å². The molecule has 0 bridgehead atoms. The second-order valence-electron chi connectivity index (χ2n) is 3.21. The highest BCUT2D eigenvalue weighted by molar-refractivity contribution is 14.1. The topological polar surface area (TPSA) is 43.6 Å². The number of tetrazole rings is 1. The molecule has 0 aliphatic heterocycles. The Morgan fingerprint density at radius 3 is 3.00 bits per heavy atom. The molecule has 0 aromatic carbocycles. The molecule has 1 saturated carbocycles. The molecule has 0 amide bonds. The molecule has 0 saturated heterocycles. The minimum atomic E-state index is 0.538. The van der Waals surface area contributed by atoms with Crippen molar-refractivity contribution in [3.8, 4) is 0 Å². The SMILES string of the molecule is IC1CCCC(n2cnnn2)C1. The predicted molar refractivity (Wildman–Crippen MR) is 53.1 cm³/mol. The molecule has 1 aromatic heterocycles. The maximum absolute atomic E-state index is 3.93. The van der Waals surface area contributed by atoms with E-state index in [9.17, 15) is 0 Å². The van der Waals surface area contributed by atoms with Gasteiger partial charge in [0.1, 0.15) is 6.33 Å². The number of alkyl halides is 1. The van der Waals surface area contributed by atoms with Crippen LogP contribution in [0.3, 0.4) is 0 Å². The van der Waals surface area contributed by atoms with Crippen LogP contribution in [0.25, 0.3) is 0 Å². The Bertz CT molecular complexity index is 236. The van der Waals surface area contributed by atoms with Crippen LogP contribution in [0.2, 0.25) is 0 Å². The standard InChI is InChI=1S/C7H11IN4/c8-6-2-1-3-7(4-6)12-5-9-10-11-12/h5-7H,1-4H2. The minimum Gasteiger partial charge on any atom is -0.229 e. The lowest BCUT2D eigenvalue weighted by atomic mass is 9.96. The van der Waals surface area contributed by atoms with Gasteiger partial charge in [-0.1, -0.05) is 29.0 Å². The van der Waals surface area contributed by atoms with Crippen LogP contribution in [0.15, 0.2) is 6.33 Å². The van der Waals surface area contributed by atoms with Crippen molar-refractivity contribution in [2.24, 2.45) is 0 Å². The van der Waals surface area contributed by atoms with Gasteiger partial charge in [-0.25, -0.2) is 4.68 Å². The summed E-state index contributed by atoms with van der Waals surface area (Å²) in [4.78, 5) is 0. The van der Waals surface area contributed by atoms with Crippen LogP contribution in [-0.4, -0.2) is 24.1 Å². The summed E-state index contributed by atoms with van der Waals surface area (Å²) in [6.07, 6.45) is 6.81. The van der Waals surface area contributed by atoms with Crippen molar-refractivity contribution in [2.75, 3.05) is 0 Å². The molecule has 4 nitrogen and oxygen atoms in total. The van der Waals surface area contributed by atoms with Crippen molar-refractivity contribution in [1.82, 2.24) is 20.2 Å². The highest BCUT2D eigenvalue weighted by Crippen LogP contribution is 2.31. The van der Waals surface area contributed by atoms with Gasteiger partial charge in [0.2, 0.25) is 0 Å². The van der Waals surface area contributed by atoms with Gasteiger partial charge in [-0.2, -0.15) is 0 Å². The van der Waals surface area contributed by atoms with E-state index in [0.717, 1.165) is 3.92 Å². The van der Waals surface area contributed by atoms with Crippen LogP contribution in [0.5, 0.6) is 0 Å². The van der Waals surface area contributed by atoms with Crippen LogP contribution in [0.1, 0.15) is 31.7 Å². The normalized spacial score (nSPS) is 30.4. The summed E-state index contributed by atoms with van der Waals surface area (Å²) in [5, 5.41) is 11.2. The van der Waals surface area contributed by atoms with Gasteiger partial charge in [-0.3, -0.25) is 0 Å². The molecule has 1 aliphatic carbocycles. The third-order valence-corrected chi connectivity index (χ3v) is 3.45. The molecular weight excluding hydrogens is 267 g/mol. The Morgan fingerprint density at radius 1 is 1.42 bits per heavy atom. The Hall–Kier alpha value is -0.200. The lowest BCUT2D eigenvalue weighted by Crippen LogP contribution is -2.19. The van der Waals surface area contributed by atoms with Crippen LogP contribution in [0.4, 0.5) is 0 Å². The van der Waals surface area contributed by atoms with E-state index in [1.807, 2.05) is 4.68 Å². The lowest BCUT2D eigenvalue weighted by Gasteiger charge is -2.24. The Kier molecular flexibility index (Phi) is 2.57. The van der Waals surface area contributed by atoms with Crippen LogP contribution in [0, 0.1) is 0 Å². The molecule has 2 unspecified atom stereocenters. The summed E-state index contributed by atoms with van der Waals surface area (Å²) >= 11 is 2.51. The van der Waals surface area contributed by atoms with E-state index < -0.39 is 0 Å². The van der Waals surface area contributed by atoms with Crippen LogP contribution < -0.4 is 0 Å². The van der Waals surface area contributed by atoms with Gasteiger partial charge in [-0.15, -0.1) is 5.10 Å². The Morgan fingerprint density at radius 2 is 2.33 bits per heavy atom. The van der Waals surface area contributed by atoms with Crippen molar-refractivity contribution in [3.63, 3.8) is 0 Å². The molecule has 0 spiro atoms. The maximum atomic E-state index is 3.93. The molecule has 5 heteroatoms. The second-order valence-corrected chi connectivity index (χ2v) is 4.97. The molecule has 12 heavy (non-hydrogen) atoms. The Labute approximate surface area is 84.9 Å². The lowest BCUT2D eigenvalue weighted by molar-refractivity contribution is 0.336. The van der Waals surface area contributed by atoms with Crippen molar-refractivity contribution >= 4 is 22.6 Å². The summed E-state index contributed by atoms with van der Waals surface area (Å²) in [5.41, 5.74) is 0. The van der Waals surface area contributed by atoms with Crippen LogP contribution in [-0.2, 0) is 0 Å². The molecule has 1 aliphatic rings. The first-order valence-electron chi connectivity index (χ1n) is 4.23. The zero-order valence-corrected chi connectivity index (χ0v) is 8.88. The third kappa shape index (κ3) is 1.75. The molecule has 2 atom stereocenters. The van der Waals surface area contributed by atoms with E-state index in [2.05, 4.69) is 38.1 Å². The van der Waals surface area contributed by atoms with Gasteiger partial charge in [-0.05, 0) is 29.7 Å².